The lowest BCUT2D eigenvalue weighted by Crippen LogP contribution is -2.57. The van der Waals surface area contributed by atoms with Gasteiger partial charge in [0.15, 0.2) is 0 Å². The molecule has 1 aromatic heterocycles. The van der Waals surface area contributed by atoms with Crippen LogP contribution in [0.3, 0.4) is 0 Å². The number of furan rings is 1. The predicted octanol–water partition coefficient (Wildman–Crippen LogP) is 23.3. The van der Waals surface area contributed by atoms with E-state index in [-0.39, 0.29) is 50.4 Å². The van der Waals surface area contributed by atoms with E-state index in [9.17, 15) is 0 Å². The van der Waals surface area contributed by atoms with E-state index in [2.05, 4.69) is 329 Å². The highest BCUT2D eigenvalue weighted by molar-refractivity contribution is 6.91. The van der Waals surface area contributed by atoms with Crippen molar-refractivity contribution in [1.29, 1.82) is 0 Å². The van der Waals surface area contributed by atoms with Crippen LogP contribution < -0.4 is 20.7 Å². The minimum atomic E-state index is -0.355. The van der Waals surface area contributed by atoms with Crippen molar-refractivity contribution < 1.29 is 4.42 Å². The molecule has 0 radical (unpaired) electrons. The number of para-hydroxylation sites is 1. The maximum Gasteiger partial charge on any atom is 0.227 e. The molecule has 10 aromatic carbocycles. The Morgan fingerprint density at radius 3 is 1.62 bits per heavy atom. The van der Waals surface area contributed by atoms with Gasteiger partial charge in [0, 0.05) is 55.8 Å². The normalized spacial score (nSPS) is 16.8. The lowest BCUT2D eigenvalue weighted by molar-refractivity contribution is 0.331. The first-order valence-corrected chi connectivity index (χ1v) is 34.0. The molecule has 0 spiro atoms. The van der Waals surface area contributed by atoms with E-state index in [4.69, 9.17) is 4.42 Å². The molecule has 1 unspecified atom stereocenters. The van der Waals surface area contributed by atoms with Gasteiger partial charge in [0.25, 0.3) is 0 Å². The first kappa shape index (κ1) is 59.9. The van der Waals surface area contributed by atoms with Gasteiger partial charge in [-0.3, -0.25) is 0 Å². The summed E-state index contributed by atoms with van der Waals surface area (Å²) in [6.45, 7) is 42.9. The predicted molar refractivity (Wildman–Crippen MR) is 395 cm³/mol. The van der Waals surface area contributed by atoms with Crippen molar-refractivity contribution in [1.82, 2.24) is 0 Å². The Balaban J connectivity index is 1.12. The number of hydrogen-bond donors (Lipinski definition) is 0. The molecule has 2 aliphatic carbocycles. The molecule has 0 bridgehead atoms. The topological polar surface area (TPSA) is 19.6 Å². The summed E-state index contributed by atoms with van der Waals surface area (Å²) in [5, 5.41) is 2.26. The summed E-state index contributed by atoms with van der Waals surface area (Å²) in [6.07, 6.45) is 2.34. The maximum atomic E-state index is 7.52. The van der Waals surface area contributed by atoms with Crippen LogP contribution in [0.15, 0.2) is 199 Å². The zero-order chi connectivity index (χ0) is 64.7. The van der Waals surface area contributed by atoms with Crippen molar-refractivity contribution in [3.8, 4) is 33.4 Å². The summed E-state index contributed by atoms with van der Waals surface area (Å²) in [7, 11) is 0. The molecule has 0 fully saturated rings. The molecule has 92 heavy (non-hydrogen) atoms. The number of fused-ring (bicyclic) bond motifs is 13. The van der Waals surface area contributed by atoms with Crippen molar-refractivity contribution in [2.24, 2.45) is 0 Å². The molecule has 4 heteroatoms. The molecular formula is C88H91BN2O. The summed E-state index contributed by atoms with van der Waals surface area (Å²) >= 11 is 0. The fourth-order valence-corrected chi connectivity index (χ4v) is 16.6. The van der Waals surface area contributed by atoms with Crippen LogP contribution in [0.1, 0.15) is 199 Å². The van der Waals surface area contributed by atoms with Crippen molar-refractivity contribution in [2.75, 3.05) is 9.80 Å². The molecule has 0 N–H and O–H groups in total. The number of benzene rings is 10. The summed E-state index contributed by atoms with van der Waals surface area (Å²) in [5.41, 5.74) is 32.3. The van der Waals surface area contributed by atoms with Crippen LogP contribution >= 0.6 is 0 Å². The van der Waals surface area contributed by atoms with Gasteiger partial charge in [-0.25, -0.2) is 0 Å². The second-order valence-corrected chi connectivity index (χ2v) is 33.6. The van der Waals surface area contributed by atoms with Crippen LogP contribution in [0.4, 0.5) is 34.1 Å². The van der Waals surface area contributed by atoms with Gasteiger partial charge < -0.3 is 14.2 Å². The van der Waals surface area contributed by atoms with Crippen LogP contribution in [0, 0.1) is 0 Å². The second-order valence-electron chi connectivity index (χ2n) is 33.6. The minimum Gasteiger partial charge on any atom is -0.455 e. The Kier molecular flexibility index (Phi) is 13.2. The van der Waals surface area contributed by atoms with E-state index in [1.54, 1.807) is 0 Å². The van der Waals surface area contributed by atoms with Crippen molar-refractivity contribution in [2.45, 2.75) is 181 Å². The van der Waals surface area contributed by atoms with Crippen LogP contribution in [0.5, 0.6) is 0 Å². The van der Waals surface area contributed by atoms with E-state index >= 15 is 0 Å². The average molecular weight is 1200 g/mol. The molecule has 3 nitrogen and oxygen atoms in total. The van der Waals surface area contributed by atoms with E-state index in [0.29, 0.717) is 0 Å². The zero-order valence-electron chi connectivity index (χ0n) is 57.8. The Bertz CT molecular complexity index is 4770. The Morgan fingerprint density at radius 1 is 0.435 bits per heavy atom. The molecule has 0 saturated heterocycles. The van der Waals surface area contributed by atoms with Crippen LogP contribution in [-0.4, -0.2) is 6.71 Å². The highest BCUT2D eigenvalue weighted by Gasteiger charge is 2.52. The smallest absolute Gasteiger partial charge is 0.227 e. The zero-order valence-corrected chi connectivity index (χ0v) is 57.8. The Hall–Kier alpha value is -8.34. The number of anilines is 6. The molecule has 15 rings (SSSR count). The number of rotatable bonds is 6. The van der Waals surface area contributed by atoms with Gasteiger partial charge in [-0.15, -0.1) is 0 Å². The lowest BCUT2D eigenvalue weighted by Gasteiger charge is -2.46. The summed E-state index contributed by atoms with van der Waals surface area (Å²) in [6, 6.07) is 76.1. The van der Waals surface area contributed by atoms with Crippen LogP contribution in [0.2, 0.25) is 0 Å². The summed E-state index contributed by atoms with van der Waals surface area (Å²) < 4.78 is 7.52. The molecule has 0 amide bonds. The third-order valence-electron chi connectivity index (χ3n) is 22.1. The molecular weight excluding hydrogens is 1110 g/mol. The monoisotopic (exact) mass is 1200 g/mol. The van der Waals surface area contributed by atoms with Gasteiger partial charge >= 0.3 is 0 Å². The van der Waals surface area contributed by atoms with Crippen molar-refractivity contribution in [3.63, 3.8) is 0 Å². The summed E-state index contributed by atoms with van der Waals surface area (Å²) in [4.78, 5) is 5.22. The molecule has 2 aliphatic heterocycles. The van der Waals surface area contributed by atoms with Gasteiger partial charge in [-0.2, -0.15) is 0 Å². The van der Waals surface area contributed by atoms with Gasteiger partial charge in [0.05, 0.1) is 5.69 Å². The highest BCUT2D eigenvalue weighted by Crippen LogP contribution is 2.61. The average Bonchev–Trinajstić information content (AvgIpc) is 1.08. The van der Waals surface area contributed by atoms with Gasteiger partial charge in [0.2, 0.25) is 6.71 Å². The standard InChI is InChI=1S/C88H91BN2O/c1-82(2,3)55-36-34-54(35-37-55)79-76-64(41-40-63-66-50-69-70(52-68(66)88(17,18)78(63)76)87(15,16)45-44-86(69,13)14)77-80-74(51-67-62-32-22-23-33-75(62)92-81(67)77)91(72-42-38-58(85(10,11)12)48-65(72)53-26-20-19-21-27-53)73-43-39-61(49-71(73)89(79)80)90(59-30-24-28-56(46-59)83(4,5)6)60-31-25-29-57(47-60)84(7,8)9/h19-43,46-52,79H,44-45H2,1-18H3. The van der Waals surface area contributed by atoms with E-state index in [0.717, 1.165) is 44.7 Å². The van der Waals surface area contributed by atoms with Gasteiger partial charge in [-0.05, 0) is 213 Å². The van der Waals surface area contributed by atoms with E-state index < -0.39 is 0 Å². The molecule has 4 aliphatic rings. The molecule has 462 valence electrons. The molecule has 1 atom stereocenters. The first-order valence-electron chi connectivity index (χ1n) is 34.0. The quantitative estimate of drug-likeness (QED) is 0.155. The van der Waals surface area contributed by atoms with E-state index in [1.165, 1.54) is 124 Å². The third kappa shape index (κ3) is 9.33. The van der Waals surface area contributed by atoms with Crippen molar-refractivity contribution >= 4 is 73.7 Å². The third-order valence-corrected chi connectivity index (χ3v) is 22.1. The highest BCUT2D eigenvalue weighted by atomic mass is 16.3. The largest absolute Gasteiger partial charge is 0.455 e. The first-order chi connectivity index (χ1) is 43.4. The minimum absolute atomic E-state index is 0.0366. The molecule has 11 aromatic rings. The van der Waals surface area contributed by atoms with Crippen LogP contribution in [0.25, 0.3) is 55.3 Å². The fourth-order valence-electron chi connectivity index (χ4n) is 16.6. The Labute approximate surface area is 549 Å². The number of nitrogens with zero attached hydrogens (tertiary/aromatic N) is 2. The SMILES string of the molecule is CC(C)(C)c1ccc(C2B3c4cc(N(c5cccc(C(C)(C)C)c5)c5cccc(C(C)(C)C)c5)ccc4N(c4ccc(C(C)(C)C)cc4-c4ccccc4)c4cc5c(oc6ccccc65)c(c43)-c3ccc4c(c32)C(C)(C)c2cc3c(cc2-4)C(C)(C)CCC3(C)C)cc1. The second kappa shape index (κ2) is 20.3. The Morgan fingerprint density at radius 2 is 0.989 bits per heavy atom. The summed E-state index contributed by atoms with van der Waals surface area (Å²) in [5.74, 6) is -0.118. The molecule has 3 heterocycles. The fraction of sp³-hybridized carbons (Fsp3) is 0.318. The number of hydrogen-bond acceptors (Lipinski definition) is 3. The molecule has 0 saturated carbocycles. The lowest BCUT2D eigenvalue weighted by atomic mass is 9.27. The van der Waals surface area contributed by atoms with Gasteiger partial charge in [-0.1, -0.05) is 246 Å². The van der Waals surface area contributed by atoms with E-state index in [1.807, 2.05) is 0 Å². The maximum absolute atomic E-state index is 7.52. The van der Waals surface area contributed by atoms with Gasteiger partial charge in [0.1, 0.15) is 11.2 Å². The van der Waals surface area contributed by atoms with Crippen LogP contribution in [-0.2, 0) is 37.9 Å². The van der Waals surface area contributed by atoms with Crippen molar-refractivity contribution in [3.05, 3.63) is 250 Å².